The van der Waals surface area contributed by atoms with Crippen LogP contribution in [0.4, 0.5) is 4.79 Å². The highest BCUT2D eigenvalue weighted by atomic mass is 16.6. The minimum Gasteiger partial charge on any atom is -0.444 e. The third-order valence-electron chi connectivity index (χ3n) is 3.61. The Morgan fingerprint density at radius 2 is 2.24 bits per heavy atom. The van der Waals surface area contributed by atoms with Crippen LogP contribution in [0.2, 0.25) is 0 Å². The van der Waals surface area contributed by atoms with E-state index in [9.17, 15) is 4.79 Å². The van der Waals surface area contributed by atoms with E-state index in [2.05, 4.69) is 17.6 Å². The summed E-state index contributed by atoms with van der Waals surface area (Å²) in [6.07, 6.45) is 6.05. The first-order valence-electron chi connectivity index (χ1n) is 7.66. The quantitative estimate of drug-likeness (QED) is 0.928. The average molecular weight is 293 g/mol. The topological polar surface area (TPSA) is 46.5 Å². The predicted octanol–water partition coefficient (Wildman–Crippen LogP) is 2.51. The van der Waals surface area contributed by atoms with Crippen molar-refractivity contribution in [2.45, 2.75) is 51.8 Å². The molecule has 1 fully saturated rings. The number of ether oxygens (including phenoxy) is 1. The van der Waals surface area contributed by atoms with Gasteiger partial charge in [0, 0.05) is 45.1 Å². The Labute approximate surface area is 127 Å². The fraction of sp³-hybridized carbons (Fsp3) is 0.688. The zero-order valence-electron chi connectivity index (χ0n) is 13.6. The summed E-state index contributed by atoms with van der Waals surface area (Å²) >= 11 is 0. The van der Waals surface area contributed by atoms with Gasteiger partial charge in [-0.1, -0.05) is 0 Å². The van der Waals surface area contributed by atoms with E-state index in [0.29, 0.717) is 0 Å². The molecule has 0 spiro atoms. The molecule has 118 valence electrons. The molecule has 0 aliphatic carbocycles. The standard InChI is InChI=1S/C16H27N3O2/c1-16(2,3)21-15(20)19-8-5-6-14(19)11-17-10-13-7-9-18(4)12-13/h7,9,12,14,17H,5-6,8,10-11H2,1-4H3. The molecule has 21 heavy (non-hydrogen) atoms. The van der Waals surface area contributed by atoms with Crippen molar-refractivity contribution < 1.29 is 9.53 Å². The van der Waals surface area contributed by atoms with E-state index in [1.165, 1.54) is 5.56 Å². The fourth-order valence-corrected chi connectivity index (χ4v) is 2.66. The highest BCUT2D eigenvalue weighted by Gasteiger charge is 2.31. The first-order chi connectivity index (χ1) is 9.85. The lowest BCUT2D eigenvalue weighted by atomic mass is 10.2. The van der Waals surface area contributed by atoms with E-state index in [1.54, 1.807) is 0 Å². The number of hydrogen-bond donors (Lipinski definition) is 1. The lowest BCUT2D eigenvalue weighted by Gasteiger charge is -2.28. The summed E-state index contributed by atoms with van der Waals surface area (Å²) in [5, 5.41) is 3.44. The van der Waals surface area contributed by atoms with Crippen LogP contribution in [0.15, 0.2) is 18.5 Å². The highest BCUT2D eigenvalue weighted by Crippen LogP contribution is 2.20. The zero-order chi connectivity index (χ0) is 15.5. The van der Waals surface area contributed by atoms with Crippen molar-refractivity contribution in [3.8, 4) is 0 Å². The second kappa shape index (κ2) is 6.52. The molecule has 1 aromatic heterocycles. The average Bonchev–Trinajstić information content (AvgIpc) is 2.96. The molecule has 0 bridgehead atoms. The number of aromatic nitrogens is 1. The molecule has 1 aromatic rings. The Kier molecular flexibility index (Phi) is 4.93. The molecule has 1 atom stereocenters. The van der Waals surface area contributed by atoms with Crippen LogP contribution in [0.5, 0.6) is 0 Å². The summed E-state index contributed by atoms with van der Waals surface area (Å²) < 4.78 is 7.52. The second-order valence-corrected chi connectivity index (χ2v) is 6.79. The molecular weight excluding hydrogens is 266 g/mol. The van der Waals surface area contributed by atoms with E-state index in [0.717, 1.165) is 32.5 Å². The Morgan fingerprint density at radius 3 is 2.86 bits per heavy atom. The highest BCUT2D eigenvalue weighted by molar-refractivity contribution is 5.69. The largest absolute Gasteiger partial charge is 0.444 e. The van der Waals surface area contributed by atoms with E-state index < -0.39 is 5.60 Å². The van der Waals surface area contributed by atoms with Crippen molar-refractivity contribution in [3.63, 3.8) is 0 Å². The summed E-state index contributed by atoms with van der Waals surface area (Å²) in [5.74, 6) is 0. The zero-order valence-corrected chi connectivity index (χ0v) is 13.6. The molecule has 1 amide bonds. The lowest BCUT2D eigenvalue weighted by molar-refractivity contribution is 0.0226. The van der Waals surface area contributed by atoms with Crippen molar-refractivity contribution in [2.24, 2.45) is 7.05 Å². The van der Waals surface area contributed by atoms with Gasteiger partial charge in [0.15, 0.2) is 0 Å². The van der Waals surface area contributed by atoms with E-state index in [4.69, 9.17) is 4.74 Å². The molecule has 1 aliphatic heterocycles. The normalized spacial score (nSPS) is 19.0. The van der Waals surface area contributed by atoms with Crippen molar-refractivity contribution >= 4 is 6.09 Å². The molecule has 1 N–H and O–H groups in total. The van der Waals surface area contributed by atoms with Gasteiger partial charge in [-0.3, -0.25) is 0 Å². The van der Waals surface area contributed by atoms with Gasteiger partial charge in [-0.15, -0.1) is 0 Å². The number of hydrogen-bond acceptors (Lipinski definition) is 3. The summed E-state index contributed by atoms with van der Waals surface area (Å²) in [5.41, 5.74) is 0.834. The summed E-state index contributed by atoms with van der Waals surface area (Å²) in [6, 6.07) is 2.34. The number of amides is 1. The number of carbonyl (C=O) groups excluding carboxylic acids is 1. The Hall–Kier alpha value is -1.49. The molecule has 1 aliphatic rings. The maximum Gasteiger partial charge on any atom is 0.410 e. The van der Waals surface area contributed by atoms with Crippen LogP contribution in [0.1, 0.15) is 39.2 Å². The van der Waals surface area contributed by atoms with Gasteiger partial charge in [0.1, 0.15) is 5.60 Å². The smallest absolute Gasteiger partial charge is 0.410 e. The summed E-state index contributed by atoms with van der Waals surface area (Å²) in [4.78, 5) is 14.0. The number of nitrogens with zero attached hydrogens (tertiary/aromatic N) is 2. The van der Waals surface area contributed by atoms with Crippen LogP contribution in [0.3, 0.4) is 0 Å². The molecule has 1 saturated heterocycles. The maximum absolute atomic E-state index is 12.2. The molecule has 0 radical (unpaired) electrons. The molecule has 1 unspecified atom stereocenters. The van der Waals surface area contributed by atoms with E-state index >= 15 is 0 Å². The third-order valence-corrected chi connectivity index (χ3v) is 3.61. The van der Waals surface area contributed by atoms with Gasteiger partial charge in [0.2, 0.25) is 0 Å². The predicted molar refractivity (Wildman–Crippen MR) is 83.1 cm³/mol. The third kappa shape index (κ3) is 4.77. The second-order valence-electron chi connectivity index (χ2n) is 6.79. The molecule has 2 rings (SSSR count). The van der Waals surface area contributed by atoms with E-state index in [1.807, 2.05) is 43.5 Å². The Morgan fingerprint density at radius 1 is 1.48 bits per heavy atom. The number of aryl methyl sites for hydroxylation is 1. The molecule has 2 heterocycles. The minimum atomic E-state index is -0.429. The summed E-state index contributed by atoms with van der Waals surface area (Å²) in [7, 11) is 2.02. The fourth-order valence-electron chi connectivity index (χ4n) is 2.66. The molecule has 0 aromatic carbocycles. The summed E-state index contributed by atoms with van der Waals surface area (Å²) in [6.45, 7) is 8.16. The first kappa shape index (κ1) is 15.9. The lowest BCUT2D eigenvalue weighted by Crippen LogP contribution is -2.43. The Bertz CT molecular complexity index is 476. The van der Waals surface area contributed by atoms with Gasteiger partial charge < -0.3 is 19.5 Å². The molecular formula is C16H27N3O2. The van der Waals surface area contributed by atoms with Gasteiger partial charge in [0.25, 0.3) is 0 Å². The van der Waals surface area contributed by atoms with Gasteiger partial charge in [-0.25, -0.2) is 4.79 Å². The van der Waals surface area contributed by atoms with Crippen LogP contribution in [-0.4, -0.2) is 40.3 Å². The van der Waals surface area contributed by atoms with Gasteiger partial charge in [-0.05, 0) is 45.2 Å². The van der Waals surface area contributed by atoms with Gasteiger partial charge >= 0.3 is 6.09 Å². The molecule has 5 nitrogen and oxygen atoms in total. The number of rotatable bonds is 4. The van der Waals surface area contributed by atoms with Crippen molar-refractivity contribution in [1.29, 1.82) is 0 Å². The molecule has 5 heteroatoms. The molecule has 0 saturated carbocycles. The first-order valence-corrected chi connectivity index (χ1v) is 7.66. The van der Waals surface area contributed by atoms with Crippen LogP contribution >= 0.6 is 0 Å². The van der Waals surface area contributed by atoms with E-state index in [-0.39, 0.29) is 12.1 Å². The van der Waals surface area contributed by atoms with Crippen LogP contribution < -0.4 is 5.32 Å². The van der Waals surface area contributed by atoms with Gasteiger partial charge in [-0.2, -0.15) is 0 Å². The number of carbonyl (C=O) groups is 1. The van der Waals surface area contributed by atoms with Gasteiger partial charge in [0.05, 0.1) is 0 Å². The van der Waals surface area contributed by atoms with Crippen LogP contribution in [-0.2, 0) is 18.3 Å². The Balaban J connectivity index is 1.80. The SMILES string of the molecule is Cn1ccc(CNCC2CCCN2C(=O)OC(C)(C)C)c1. The minimum absolute atomic E-state index is 0.188. The van der Waals surface area contributed by atoms with Crippen LogP contribution in [0, 0.1) is 0 Å². The van der Waals surface area contributed by atoms with Crippen LogP contribution in [0.25, 0.3) is 0 Å². The number of nitrogens with one attached hydrogen (secondary N) is 1. The van der Waals surface area contributed by atoms with Crippen molar-refractivity contribution in [2.75, 3.05) is 13.1 Å². The van der Waals surface area contributed by atoms with Crippen molar-refractivity contribution in [3.05, 3.63) is 24.0 Å². The monoisotopic (exact) mass is 293 g/mol. The van der Waals surface area contributed by atoms with Crippen molar-refractivity contribution in [1.82, 2.24) is 14.8 Å². The number of likely N-dealkylation sites (tertiary alicyclic amines) is 1. The maximum atomic E-state index is 12.2.